The second kappa shape index (κ2) is 8.25. The molecule has 1 aliphatic rings. The first-order valence-electron chi connectivity index (χ1n) is 8.27. The van der Waals surface area contributed by atoms with Gasteiger partial charge < -0.3 is 14.2 Å². The van der Waals surface area contributed by atoms with Crippen molar-refractivity contribution in [2.45, 2.75) is 19.8 Å². The summed E-state index contributed by atoms with van der Waals surface area (Å²) in [6.45, 7) is 6.43. The molecular weight excluding hydrogens is 328 g/mol. The lowest BCUT2D eigenvalue weighted by Gasteiger charge is -2.33. The maximum atomic E-state index is 11.7. The largest absolute Gasteiger partial charge is 0.450 e. The van der Waals surface area contributed by atoms with E-state index >= 15 is 0 Å². The van der Waals surface area contributed by atoms with Gasteiger partial charge in [-0.3, -0.25) is 4.90 Å². The summed E-state index contributed by atoms with van der Waals surface area (Å²) in [6, 6.07) is 3.97. The molecule has 0 N–H and O–H groups in total. The number of hydrogen-bond donors (Lipinski definition) is 0. The van der Waals surface area contributed by atoms with E-state index in [0.29, 0.717) is 18.3 Å². The Morgan fingerprint density at radius 2 is 2.21 bits per heavy atom. The first-order valence-corrected chi connectivity index (χ1v) is 9.14. The van der Waals surface area contributed by atoms with Gasteiger partial charge in [0.25, 0.3) is 0 Å². The molecule has 0 bridgehead atoms. The Hall–Kier alpha value is -1.93. The quantitative estimate of drug-likeness (QED) is 0.797. The SMILES string of the molecule is CCOC(=O)N1CCN(CCCc2nc(-c3cccs3)no2)CC1. The van der Waals surface area contributed by atoms with Crippen LogP contribution in [0.5, 0.6) is 0 Å². The van der Waals surface area contributed by atoms with Crippen molar-refractivity contribution in [3.05, 3.63) is 23.4 Å². The minimum atomic E-state index is -0.205. The van der Waals surface area contributed by atoms with Crippen molar-refractivity contribution >= 4 is 17.4 Å². The van der Waals surface area contributed by atoms with Crippen LogP contribution in [0.1, 0.15) is 19.2 Å². The molecule has 0 aliphatic carbocycles. The summed E-state index contributed by atoms with van der Waals surface area (Å²) in [5, 5.41) is 6.02. The number of aryl methyl sites for hydroxylation is 1. The van der Waals surface area contributed by atoms with Crippen molar-refractivity contribution in [3.8, 4) is 10.7 Å². The second-order valence-corrected chi connectivity index (χ2v) is 6.57. The number of thiophene rings is 1. The van der Waals surface area contributed by atoms with Gasteiger partial charge in [-0.25, -0.2) is 4.79 Å². The van der Waals surface area contributed by atoms with E-state index in [1.165, 1.54) is 0 Å². The number of ether oxygens (including phenoxy) is 1. The van der Waals surface area contributed by atoms with Gasteiger partial charge in [0.1, 0.15) is 0 Å². The monoisotopic (exact) mass is 350 g/mol. The smallest absolute Gasteiger partial charge is 0.409 e. The lowest BCUT2D eigenvalue weighted by atomic mass is 10.2. The average molecular weight is 350 g/mol. The third-order valence-electron chi connectivity index (χ3n) is 3.97. The fourth-order valence-electron chi connectivity index (χ4n) is 2.68. The Morgan fingerprint density at radius 3 is 2.92 bits per heavy atom. The zero-order valence-electron chi connectivity index (χ0n) is 13.8. The lowest BCUT2D eigenvalue weighted by molar-refractivity contribution is 0.0793. The molecule has 0 unspecified atom stereocenters. The van der Waals surface area contributed by atoms with Gasteiger partial charge in [-0.05, 0) is 31.3 Å². The van der Waals surface area contributed by atoms with Gasteiger partial charge in [-0.1, -0.05) is 11.2 Å². The number of amides is 1. The molecule has 0 atom stereocenters. The molecule has 2 aromatic heterocycles. The summed E-state index contributed by atoms with van der Waals surface area (Å²) < 4.78 is 10.3. The predicted molar refractivity (Wildman–Crippen MR) is 91.0 cm³/mol. The van der Waals surface area contributed by atoms with Crippen LogP contribution in [0.25, 0.3) is 10.7 Å². The number of hydrogen-bond acceptors (Lipinski definition) is 7. The summed E-state index contributed by atoms with van der Waals surface area (Å²) in [5.41, 5.74) is 0. The van der Waals surface area contributed by atoms with Gasteiger partial charge in [-0.2, -0.15) is 4.98 Å². The standard InChI is InChI=1S/C16H22N4O3S/c1-2-22-16(21)20-10-8-19(9-11-20)7-3-6-14-17-15(18-23-14)13-5-4-12-24-13/h4-5,12H,2-3,6-11H2,1H3. The Bertz CT molecular complexity index is 636. The van der Waals surface area contributed by atoms with Crippen LogP contribution >= 0.6 is 11.3 Å². The molecule has 1 aliphatic heterocycles. The second-order valence-electron chi connectivity index (χ2n) is 5.62. The Morgan fingerprint density at radius 1 is 1.38 bits per heavy atom. The van der Waals surface area contributed by atoms with Crippen molar-refractivity contribution < 1.29 is 14.1 Å². The molecule has 0 saturated carbocycles. The van der Waals surface area contributed by atoms with Crippen molar-refractivity contribution in [1.29, 1.82) is 0 Å². The van der Waals surface area contributed by atoms with Gasteiger partial charge in [0.2, 0.25) is 11.7 Å². The van der Waals surface area contributed by atoms with Crippen LogP contribution in [0, 0.1) is 0 Å². The first kappa shape index (κ1) is 16.9. The highest BCUT2D eigenvalue weighted by Gasteiger charge is 2.21. The minimum absolute atomic E-state index is 0.205. The highest BCUT2D eigenvalue weighted by Crippen LogP contribution is 2.21. The predicted octanol–water partition coefficient (Wildman–Crippen LogP) is 2.50. The fraction of sp³-hybridized carbons (Fsp3) is 0.562. The molecule has 1 fully saturated rings. The number of rotatable bonds is 6. The number of piperazine rings is 1. The third kappa shape index (κ3) is 4.33. The van der Waals surface area contributed by atoms with E-state index in [2.05, 4.69) is 15.0 Å². The molecule has 2 aromatic rings. The zero-order chi connectivity index (χ0) is 16.8. The van der Waals surface area contributed by atoms with Gasteiger partial charge in [-0.15, -0.1) is 11.3 Å². The van der Waals surface area contributed by atoms with Crippen LogP contribution in [-0.2, 0) is 11.2 Å². The first-order chi connectivity index (χ1) is 11.8. The molecule has 1 amide bonds. The summed E-state index contributed by atoms with van der Waals surface area (Å²) in [7, 11) is 0. The van der Waals surface area contributed by atoms with E-state index < -0.39 is 0 Å². The summed E-state index contributed by atoms with van der Waals surface area (Å²) in [6.07, 6.45) is 1.53. The summed E-state index contributed by atoms with van der Waals surface area (Å²) in [4.78, 5) is 21.2. The number of aromatic nitrogens is 2. The van der Waals surface area contributed by atoms with E-state index in [-0.39, 0.29) is 6.09 Å². The van der Waals surface area contributed by atoms with Gasteiger partial charge in [0.15, 0.2) is 0 Å². The van der Waals surface area contributed by atoms with Crippen molar-refractivity contribution in [2.24, 2.45) is 0 Å². The maximum Gasteiger partial charge on any atom is 0.409 e. The number of carbonyl (C=O) groups excluding carboxylic acids is 1. The Balaban J connectivity index is 1.38. The van der Waals surface area contributed by atoms with Crippen LogP contribution in [0.2, 0.25) is 0 Å². The van der Waals surface area contributed by atoms with E-state index in [0.717, 1.165) is 50.4 Å². The van der Waals surface area contributed by atoms with Crippen LogP contribution in [0.3, 0.4) is 0 Å². The maximum absolute atomic E-state index is 11.7. The van der Waals surface area contributed by atoms with Gasteiger partial charge in [0, 0.05) is 32.6 Å². The molecule has 1 saturated heterocycles. The highest BCUT2D eigenvalue weighted by molar-refractivity contribution is 7.13. The molecule has 130 valence electrons. The average Bonchev–Trinajstić information content (AvgIpc) is 3.27. The van der Waals surface area contributed by atoms with Crippen LogP contribution in [-0.4, -0.2) is 65.4 Å². The molecule has 3 heterocycles. The van der Waals surface area contributed by atoms with Crippen LogP contribution in [0.15, 0.2) is 22.0 Å². The highest BCUT2D eigenvalue weighted by atomic mass is 32.1. The molecule has 8 heteroatoms. The van der Waals surface area contributed by atoms with E-state index in [4.69, 9.17) is 9.26 Å². The molecule has 24 heavy (non-hydrogen) atoms. The van der Waals surface area contributed by atoms with Crippen LogP contribution in [0.4, 0.5) is 4.79 Å². The molecule has 3 rings (SSSR count). The van der Waals surface area contributed by atoms with Gasteiger partial charge >= 0.3 is 6.09 Å². The van der Waals surface area contributed by atoms with Crippen molar-refractivity contribution in [3.63, 3.8) is 0 Å². The van der Waals surface area contributed by atoms with Gasteiger partial charge in [0.05, 0.1) is 11.5 Å². The van der Waals surface area contributed by atoms with E-state index in [1.54, 1.807) is 16.2 Å². The molecule has 7 nitrogen and oxygen atoms in total. The van der Waals surface area contributed by atoms with Crippen molar-refractivity contribution in [2.75, 3.05) is 39.3 Å². The molecule has 0 aromatic carbocycles. The van der Waals surface area contributed by atoms with E-state index in [1.807, 2.05) is 24.4 Å². The Kier molecular flexibility index (Phi) is 5.81. The normalized spacial score (nSPS) is 15.6. The number of nitrogens with zero attached hydrogens (tertiary/aromatic N) is 4. The summed E-state index contributed by atoms with van der Waals surface area (Å²) in [5.74, 6) is 1.35. The summed E-state index contributed by atoms with van der Waals surface area (Å²) >= 11 is 1.61. The molecule has 0 spiro atoms. The van der Waals surface area contributed by atoms with E-state index in [9.17, 15) is 4.79 Å². The fourth-order valence-corrected chi connectivity index (χ4v) is 3.33. The third-order valence-corrected chi connectivity index (χ3v) is 4.84. The topological polar surface area (TPSA) is 71.7 Å². The zero-order valence-corrected chi connectivity index (χ0v) is 14.6. The lowest BCUT2D eigenvalue weighted by Crippen LogP contribution is -2.49. The Labute approximate surface area is 145 Å². The van der Waals surface area contributed by atoms with Crippen molar-refractivity contribution in [1.82, 2.24) is 19.9 Å². The molecule has 0 radical (unpaired) electrons. The van der Waals surface area contributed by atoms with Crippen LogP contribution < -0.4 is 0 Å². The molecular formula is C16H22N4O3S. The minimum Gasteiger partial charge on any atom is -0.450 e. The number of carbonyl (C=O) groups is 1.